The van der Waals surface area contributed by atoms with Gasteiger partial charge in [0.1, 0.15) is 6.54 Å². The van der Waals surface area contributed by atoms with E-state index in [4.69, 9.17) is 4.52 Å². The zero-order valence-corrected chi connectivity index (χ0v) is 15.8. The van der Waals surface area contributed by atoms with E-state index in [1.807, 2.05) is 6.92 Å². The number of hydrogen-bond acceptors (Lipinski definition) is 6. The van der Waals surface area contributed by atoms with Crippen molar-refractivity contribution in [2.75, 3.05) is 12.4 Å². The molecule has 0 bridgehead atoms. The first-order chi connectivity index (χ1) is 13.5. The van der Waals surface area contributed by atoms with Crippen LogP contribution in [0, 0.1) is 0 Å². The van der Waals surface area contributed by atoms with E-state index in [-0.39, 0.29) is 30.4 Å². The van der Waals surface area contributed by atoms with Gasteiger partial charge in [0.15, 0.2) is 5.82 Å². The van der Waals surface area contributed by atoms with Gasteiger partial charge in [-0.1, -0.05) is 12.1 Å². The molecule has 0 saturated heterocycles. The van der Waals surface area contributed by atoms with Gasteiger partial charge in [-0.2, -0.15) is 4.98 Å². The number of imide groups is 1. The minimum absolute atomic E-state index is 0.0172. The molecule has 0 radical (unpaired) electrons. The molecule has 0 unspecified atom stereocenters. The first kappa shape index (κ1) is 18.1. The largest absolute Gasteiger partial charge is 0.337 e. The fraction of sp³-hybridized carbons (Fsp3) is 0.421. The van der Waals surface area contributed by atoms with Gasteiger partial charge in [0.25, 0.3) is 11.8 Å². The number of nitrogens with zero attached hydrogens (tertiary/aromatic N) is 4. The first-order valence-corrected chi connectivity index (χ1v) is 9.33. The molecule has 9 nitrogen and oxygen atoms in total. The molecule has 4 amide bonds. The SMILES string of the molecule is CCCc1noc(CN(C)C(=O)Nc2ccc3c(c2)C(=O)N(C2CC2)C3=O)n1. The summed E-state index contributed by atoms with van der Waals surface area (Å²) in [5, 5.41) is 6.60. The van der Waals surface area contributed by atoms with Crippen LogP contribution < -0.4 is 5.32 Å². The molecule has 2 heterocycles. The summed E-state index contributed by atoms with van der Waals surface area (Å²) in [6.07, 6.45) is 3.34. The third kappa shape index (κ3) is 3.35. The van der Waals surface area contributed by atoms with Gasteiger partial charge in [-0.05, 0) is 37.5 Å². The van der Waals surface area contributed by atoms with Gasteiger partial charge < -0.3 is 14.7 Å². The summed E-state index contributed by atoms with van der Waals surface area (Å²) in [6.45, 7) is 2.19. The molecule has 2 aliphatic rings. The van der Waals surface area contributed by atoms with Crippen LogP contribution in [0.15, 0.2) is 22.7 Å². The standard InChI is InChI=1S/C19H21N5O4/c1-3-4-15-21-16(28-22-15)10-23(2)19(27)20-11-5-8-13-14(9-11)18(26)24(17(13)25)12-6-7-12/h5,8-9,12H,3-4,6-7,10H2,1-2H3,(H,20,27). The number of urea groups is 1. The second-order valence-electron chi connectivity index (χ2n) is 7.11. The van der Waals surface area contributed by atoms with Gasteiger partial charge >= 0.3 is 6.03 Å². The van der Waals surface area contributed by atoms with Gasteiger partial charge in [0.2, 0.25) is 5.89 Å². The summed E-state index contributed by atoms with van der Waals surface area (Å²) in [4.78, 5) is 44.3. The van der Waals surface area contributed by atoms with Crippen molar-refractivity contribution in [3.8, 4) is 0 Å². The Kier molecular flexibility index (Phi) is 4.58. The molecule has 2 aromatic rings. The van der Waals surface area contributed by atoms with E-state index in [1.54, 1.807) is 25.2 Å². The molecule has 1 fully saturated rings. The summed E-state index contributed by atoms with van der Waals surface area (Å²) < 4.78 is 5.14. The number of rotatable bonds is 6. The predicted octanol–water partition coefficient (Wildman–Crippen LogP) is 2.44. The van der Waals surface area contributed by atoms with Gasteiger partial charge in [-0.25, -0.2) is 4.79 Å². The number of anilines is 1. The maximum atomic E-state index is 12.5. The van der Waals surface area contributed by atoms with Crippen molar-refractivity contribution in [2.45, 2.75) is 45.2 Å². The highest BCUT2D eigenvalue weighted by Crippen LogP contribution is 2.35. The number of fused-ring (bicyclic) bond motifs is 1. The molecule has 1 aliphatic carbocycles. The minimum Gasteiger partial charge on any atom is -0.337 e. The zero-order valence-electron chi connectivity index (χ0n) is 15.8. The molecule has 9 heteroatoms. The zero-order chi connectivity index (χ0) is 19.8. The molecule has 28 heavy (non-hydrogen) atoms. The third-order valence-corrected chi connectivity index (χ3v) is 4.78. The normalized spacial score (nSPS) is 15.7. The highest BCUT2D eigenvalue weighted by molar-refractivity contribution is 6.22. The average molecular weight is 383 g/mol. The Labute approximate surface area is 161 Å². The molecule has 4 rings (SSSR count). The molecule has 1 aliphatic heterocycles. The third-order valence-electron chi connectivity index (χ3n) is 4.78. The van der Waals surface area contributed by atoms with Crippen LogP contribution in [0.3, 0.4) is 0 Å². The fourth-order valence-electron chi connectivity index (χ4n) is 3.17. The molecule has 1 aromatic heterocycles. The molecule has 1 N–H and O–H groups in total. The highest BCUT2D eigenvalue weighted by Gasteiger charge is 2.44. The lowest BCUT2D eigenvalue weighted by atomic mass is 10.1. The van der Waals surface area contributed by atoms with Crippen LogP contribution in [0.2, 0.25) is 0 Å². The van der Waals surface area contributed by atoms with Gasteiger partial charge in [0, 0.05) is 25.2 Å². The van der Waals surface area contributed by atoms with Crippen LogP contribution in [-0.2, 0) is 13.0 Å². The molecule has 1 saturated carbocycles. The molecule has 0 atom stereocenters. The fourth-order valence-corrected chi connectivity index (χ4v) is 3.17. The number of hydrogen-bond donors (Lipinski definition) is 1. The lowest BCUT2D eigenvalue weighted by molar-refractivity contribution is 0.0642. The van der Waals surface area contributed by atoms with Crippen LogP contribution in [0.4, 0.5) is 10.5 Å². The average Bonchev–Trinajstić information content (AvgIpc) is 3.35. The van der Waals surface area contributed by atoms with Gasteiger partial charge in [0.05, 0.1) is 11.1 Å². The Hall–Kier alpha value is -3.23. The second-order valence-corrected chi connectivity index (χ2v) is 7.11. The Morgan fingerprint density at radius 3 is 2.75 bits per heavy atom. The van der Waals surface area contributed by atoms with E-state index in [2.05, 4.69) is 15.5 Å². The van der Waals surface area contributed by atoms with Crippen molar-refractivity contribution < 1.29 is 18.9 Å². The Balaban J connectivity index is 1.42. The minimum atomic E-state index is -0.383. The lowest BCUT2D eigenvalue weighted by Gasteiger charge is -2.16. The summed E-state index contributed by atoms with van der Waals surface area (Å²) >= 11 is 0. The number of amides is 4. The van der Waals surface area contributed by atoms with E-state index in [1.165, 1.54) is 9.80 Å². The van der Waals surface area contributed by atoms with E-state index in [0.29, 0.717) is 28.5 Å². The van der Waals surface area contributed by atoms with Gasteiger partial charge in [-0.15, -0.1) is 0 Å². The summed E-state index contributed by atoms with van der Waals surface area (Å²) in [5.41, 5.74) is 1.17. The van der Waals surface area contributed by atoms with E-state index >= 15 is 0 Å². The van der Waals surface area contributed by atoms with Crippen molar-refractivity contribution >= 4 is 23.5 Å². The number of aromatic nitrogens is 2. The van der Waals surface area contributed by atoms with E-state index in [9.17, 15) is 14.4 Å². The Bertz CT molecular complexity index is 950. The Morgan fingerprint density at radius 2 is 2.04 bits per heavy atom. The summed E-state index contributed by atoms with van der Waals surface area (Å²) in [7, 11) is 1.61. The quantitative estimate of drug-likeness (QED) is 0.768. The monoisotopic (exact) mass is 383 g/mol. The summed E-state index contributed by atoms with van der Waals surface area (Å²) in [5.74, 6) is 0.433. The van der Waals surface area contributed by atoms with Crippen LogP contribution in [0.1, 0.15) is 58.6 Å². The van der Waals surface area contributed by atoms with Crippen molar-refractivity contribution in [2.24, 2.45) is 0 Å². The first-order valence-electron chi connectivity index (χ1n) is 9.33. The highest BCUT2D eigenvalue weighted by atomic mass is 16.5. The number of carbonyl (C=O) groups is 3. The molecule has 1 aromatic carbocycles. The maximum Gasteiger partial charge on any atom is 0.322 e. The van der Waals surface area contributed by atoms with Crippen LogP contribution in [0.5, 0.6) is 0 Å². The maximum absolute atomic E-state index is 12.5. The molecular formula is C19H21N5O4. The van der Waals surface area contributed by atoms with E-state index in [0.717, 1.165) is 25.7 Å². The van der Waals surface area contributed by atoms with Crippen molar-refractivity contribution in [3.63, 3.8) is 0 Å². The van der Waals surface area contributed by atoms with Crippen molar-refractivity contribution in [1.82, 2.24) is 19.9 Å². The lowest BCUT2D eigenvalue weighted by Crippen LogP contribution is -2.31. The van der Waals surface area contributed by atoms with Crippen LogP contribution in [0.25, 0.3) is 0 Å². The molecular weight excluding hydrogens is 362 g/mol. The summed E-state index contributed by atoms with van der Waals surface area (Å²) in [6, 6.07) is 4.39. The predicted molar refractivity (Wildman–Crippen MR) is 98.7 cm³/mol. The van der Waals surface area contributed by atoms with Gasteiger partial charge in [-0.3, -0.25) is 14.5 Å². The number of aryl methyl sites for hydroxylation is 1. The topological polar surface area (TPSA) is 109 Å². The second kappa shape index (κ2) is 7.06. The number of carbonyl (C=O) groups excluding carboxylic acids is 3. The van der Waals surface area contributed by atoms with Crippen molar-refractivity contribution in [3.05, 3.63) is 41.0 Å². The van der Waals surface area contributed by atoms with Crippen LogP contribution in [-0.4, -0.2) is 50.9 Å². The molecule has 0 spiro atoms. The number of benzene rings is 1. The van der Waals surface area contributed by atoms with Crippen molar-refractivity contribution in [1.29, 1.82) is 0 Å². The number of nitrogens with one attached hydrogen (secondary N) is 1. The molecule has 146 valence electrons. The Morgan fingerprint density at radius 1 is 1.29 bits per heavy atom. The smallest absolute Gasteiger partial charge is 0.322 e. The van der Waals surface area contributed by atoms with Crippen LogP contribution >= 0.6 is 0 Å². The van der Waals surface area contributed by atoms with E-state index < -0.39 is 0 Å².